The maximum atomic E-state index is 13.1. The molecular weight excluding hydrogens is 329 g/mol. The van der Waals surface area contributed by atoms with E-state index in [-0.39, 0.29) is 5.91 Å². The first-order valence-electron chi connectivity index (χ1n) is 7.85. The summed E-state index contributed by atoms with van der Waals surface area (Å²) < 4.78 is 0. The third kappa shape index (κ3) is 3.11. The van der Waals surface area contributed by atoms with Gasteiger partial charge in [-0.1, -0.05) is 66.4 Å². The van der Waals surface area contributed by atoms with Crippen molar-refractivity contribution < 1.29 is 4.79 Å². The van der Waals surface area contributed by atoms with Gasteiger partial charge in [0, 0.05) is 5.02 Å². The largest absolute Gasteiger partial charge is 0.324 e. The molecular formula is C19H19Cl2NO. The predicted molar refractivity (Wildman–Crippen MR) is 96.4 cm³/mol. The average molecular weight is 348 g/mol. The number of benzene rings is 2. The molecule has 1 N–H and O–H groups in total. The van der Waals surface area contributed by atoms with Gasteiger partial charge in [0.25, 0.3) is 0 Å². The van der Waals surface area contributed by atoms with Gasteiger partial charge in [-0.15, -0.1) is 0 Å². The van der Waals surface area contributed by atoms with Crippen molar-refractivity contribution >= 4 is 34.8 Å². The fourth-order valence-electron chi connectivity index (χ4n) is 3.48. The lowest BCUT2D eigenvalue weighted by Crippen LogP contribution is -2.38. The number of halogens is 2. The summed E-state index contributed by atoms with van der Waals surface area (Å²) in [6.07, 6.45) is 3.87. The Bertz CT molecular complexity index is 698. The summed E-state index contributed by atoms with van der Waals surface area (Å²) >= 11 is 12.3. The zero-order valence-corrected chi connectivity index (χ0v) is 14.5. The van der Waals surface area contributed by atoms with Crippen molar-refractivity contribution in [2.75, 3.05) is 5.32 Å². The van der Waals surface area contributed by atoms with Gasteiger partial charge in [-0.05, 0) is 43.0 Å². The van der Waals surface area contributed by atoms with E-state index in [9.17, 15) is 4.79 Å². The van der Waals surface area contributed by atoms with Crippen LogP contribution in [0.25, 0.3) is 0 Å². The molecule has 3 rings (SSSR count). The molecule has 0 spiro atoms. The summed E-state index contributed by atoms with van der Waals surface area (Å²) in [5, 5.41) is 4.11. The highest BCUT2D eigenvalue weighted by Crippen LogP contribution is 2.42. The van der Waals surface area contributed by atoms with Gasteiger partial charge in [0.05, 0.1) is 16.1 Å². The molecule has 2 aromatic carbocycles. The van der Waals surface area contributed by atoms with Gasteiger partial charge in [-0.25, -0.2) is 0 Å². The maximum absolute atomic E-state index is 13.1. The monoisotopic (exact) mass is 347 g/mol. The number of rotatable bonds is 3. The highest BCUT2D eigenvalue weighted by atomic mass is 35.5. The number of hydrogen-bond acceptors (Lipinski definition) is 1. The van der Waals surface area contributed by atoms with E-state index in [4.69, 9.17) is 23.2 Å². The van der Waals surface area contributed by atoms with Crippen molar-refractivity contribution in [3.8, 4) is 0 Å². The number of carbonyl (C=O) groups is 1. The van der Waals surface area contributed by atoms with E-state index in [1.807, 2.05) is 43.3 Å². The number of carbonyl (C=O) groups excluding carboxylic acids is 1. The molecule has 0 radical (unpaired) electrons. The Labute approximate surface area is 146 Å². The summed E-state index contributed by atoms with van der Waals surface area (Å²) in [6.45, 7) is 1.90. The average Bonchev–Trinajstić information content (AvgIpc) is 3.02. The molecule has 1 amide bonds. The second-order valence-corrected chi connectivity index (χ2v) is 7.03. The lowest BCUT2D eigenvalue weighted by Gasteiger charge is -2.29. The molecule has 4 heteroatoms. The van der Waals surface area contributed by atoms with Crippen LogP contribution >= 0.6 is 23.2 Å². The molecule has 0 aliphatic heterocycles. The van der Waals surface area contributed by atoms with Crippen LogP contribution < -0.4 is 5.32 Å². The zero-order valence-electron chi connectivity index (χ0n) is 13.0. The van der Waals surface area contributed by atoms with Crippen LogP contribution in [0.4, 0.5) is 5.69 Å². The Morgan fingerprint density at radius 1 is 1.09 bits per heavy atom. The highest BCUT2D eigenvalue weighted by molar-refractivity contribution is 6.37. The van der Waals surface area contributed by atoms with E-state index in [1.165, 1.54) is 0 Å². The lowest BCUT2D eigenvalue weighted by molar-refractivity contribution is -0.121. The van der Waals surface area contributed by atoms with Crippen LogP contribution in [0.5, 0.6) is 0 Å². The molecule has 0 saturated heterocycles. The predicted octanol–water partition coefficient (Wildman–Crippen LogP) is 5.75. The Kier molecular flexibility index (Phi) is 4.65. The van der Waals surface area contributed by atoms with Gasteiger partial charge < -0.3 is 5.32 Å². The molecule has 120 valence electrons. The SMILES string of the molecule is Cc1cc(Cl)cc(Cl)c1NC(=O)C1(c2ccccc2)CCCC1. The molecule has 0 bridgehead atoms. The normalized spacial score (nSPS) is 16.3. The fourth-order valence-corrected chi connectivity index (χ4v) is 4.12. The fraction of sp³-hybridized carbons (Fsp3) is 0.316. The number of aryl methyl sites for hydroxylation is 1. The summed E-state index contributed by atoms with van der Waals surface area (Å²) in [5.74, 6) is 0.0218. The van der Waals surface area contributed by atoms with Crippen LogP contribution in [-0.2, 0) is 10.2 Å². The molecule has 0 unspecified atom stereocenters. The lowest BCUT2D eigenvalue weighted by atomic mass is 9.78. The minimum Gasteiger partial charge on any atom is -0.324 e. The Morgan fingerprint density at radius 3 is 2.35 bits per heavy atom. The van der Waals surface area contributed by atoms with Crippen molar-refractivity contribution in [2.45, 2.75) is 38.0 Å². The molecule has 1 saturated carbocycles. The molecule has 0 heterocycles. The van der Waals surface area contributed by atoms with Crippen LogP contribution in [0.15, 0.2) is 42.5 Å². The summed E-state index contributed by atoms with van der Waals surface area (Å²) in [5.41, 5.74) is 2.15. The number of hydrogen-bond donors (Lipinski definition) is 1. The van der Waals surface area contributed by atoms with Gasteiger partial charge >= 0.3 is 0 Å². The first-order chi connectivity index (χ1) is 11.0. The van der Waals surface area contributed by atoms with E-state index in [0.29, 0.717) is 15.7 Å². The molecule has 1 fully saturated rings. The van der Waals surface area contributed by atoms with Crippen LogP contribution in [0, 0.1) is 6.92 Å². The minimum atomic E-state index is -0.462. The van der Waals surface area contributed by atoms with Crippen LogP contribution in [0.3, 0.4) is 0 Å². The van der Waals surface area contributed by atoms with Crippen molar-refractivity contribution in [3.05, 3.63) is 63.6 Å². The quantitative estimate of drug-likeness (QED) is 0.751. The molecule has 2 nitrogen and oxygen atoms in total. The number of amides is 1. The zero-order chi connectivity index (χ0) is 16.4. The Morgan fingerprint density at radius 2 is 1.74 bits per heavy atom. The second-order valence-electron chi connectivity index (χ2n) is 6.19. The van der Waals surface area contributed by atoms with E-state index in [2.05, 4.69) is 5.32 Å². The van der Waals surface area contributed by atoms with Gasteiger partial charge in [-0.3, -0.25) is 4.79 Å². The van der Waals surface area contributed by atoms with E-state index >= 15 is 0 Å². The summed E-state index contributed by atoms with van der Waals surface area (Å²) in [4.78, 5) is 13.1. The maximum Gasteiger partial charge on any atom is 0.235 e. The topological polar surface area (TPSA) is 29.1 Å². The molecule has 0 aromatic heterocycles. The highest BCUT2D eigenvalue weighted by Gasteiger charge is 2.42. The molecule has 1 aliphatic rings. The second kappa shape index (κ2) is 6.54. The molecule has 1 aliphatic carbocycles. The van der Waals surface area contributed by atoms with E-state index in [0.717, 1.165) is 36.8 Å². The third-order valence-electron chi connectivity index (χ3n) is 4.71. The van der Waals surface area contributed by atoms with Gasteiger partial charge in [0.1, 0.15) is 0 Å². The van der Waals surface area contributed by atoms with Crippen LogP contribution in [0.2, 0.25) is 10.0 Å². The third-order valence-corrected chi connectivity index (χ3v) is 5.23. The van der Waals surface area contributed by atoms with Crippen molar-refractivity contribution in [2.24, 2.45) is 0 Å². The van der Waals surface area contributed by atoms with Gasteiger partial charge in [-0.2, -0.15) is 0 Å². The first-order valence-corrected chi connectivity index (χ1v) is 8.61. The van der Waals surface area contributed by atoms with Crippen LogP contribution in [0.1, 0.15) is 36.8 Å². The minimum absolute atomic E-state index is 0.0218. The van der Waals surface area contributed by atoms with E-state index < -0.39 is 5.41 Å². The number of nitrogens with one attached hydrogen (secondary N) is 1. The van der Waals surface area contributed by atoms with Crippen molar-refractivity contribution in [1.82, 2.24) is 0 Å². The molecule has 0 atom stereocenters. The standard InChI is InChI=1S/C19H19Cl2NO/c1-13-11-15(20)12-16(21)17(13)22-18(23)19(9-5-6-10-19)14-7-3-2-4-8-14/h2-4,7-8,11-12H,5-6,9-10H2,1H3,(H,22,23). The summed E-state index contributed by atoms with van der Waals surface area (Å²) in [7, 11) is 0. The summed E-state index contributed by atoms with van der Waals surface area (Å²) in [6, 6.07) is 13.5. The van der Waals surface area contributed by atoms with Crippen LogP contribution in [-0.4, -0.2) is 5.91 Å². The van der Waals surface area contributed by atoms with E-state index in [1.54, 1.807) is 6.07 Å². The Hall–Kier alpha value is -1.51. The number of anilines is 1. The molecule has 2 aromatic rings. The van der Waals surface area contributed by atoms with Gasteiger partial charge in [0.15, 0.2) is 0 Å². The smallest absolute Gasteiger partial charge is 0.235 e. The molecule has 23 heavy (non-hydrogen) atoms. The Balaban J connectivity index is 1.95. The van der Waals surface area contributed by atoms with Gasteiger partial charge in [0.2, 0.25) is 5.91 Å². The van der Waals surface area contributed by atoms with Crippen molar-refractivity contribution in [1.29, 1.82) is 0 Å². The van der Waals surface area contributed by atoms with Crippen molar-refractivity contribution in [3.63, 3.8) is 0 Å². The first kappa shape index (κ1) is 16.4.